The molecule has 2 rings (SSSR count). The molecular formula is C12H13N3O2. The Kier molecular flexibility index (Phi) is 3.18. The molecule has 1 amide bonds. The first-order valence-corrected chi connectivity index (χ1v) is 5.24. The van der Waals surface area contributed by atoms with Crippen LogP contribution >= 0.6 is 0 Å². The fourth-order valence-electron chi connectivity index (χ4n) is 1.52. The Morgan fingerprint density at radius 1 is 1.53 bits per heavy atom. The second-order valence-electron chi connectivity index (χ2n) is 3.83. The van der Waals surface area contributed by atoms with E-state index in [2.05, 4.69) is 10.1 Å². The minimum atomic E-state index is -0.0845. The highest BCUT2D eigenvalue weighted by atomic mass is 16.5. The van der Waals surface area contributed by atoms with E-state index in [9.17, 15) is 4.79 Å². The molecule has 0 atom stereocenters. The molecule has 17 heavy (non-hydrogen) atoms. The molecule has 0 unspecified atom stereocenters. The van der Waals surface area contributed by atoms with Crippen LogP contribution < -0.4 is 0 Å². The zero-order valence-corrected chi connectivity index (χ0v) is 9.75. The molecule has 0 spiro atoms. The number of nitrogens with zero attached hydrogens (tertiary/aromatic N) is 3. The Hall–Kier alpha value is -2.17. The van der Waals surface area contributed by atoms with Crippen LogP contribution in [0.5, 0.6) is 0 Å². The van der Waals surface area contributed by atoms with Crippen molar-refractivity contribution in [1.82, 2.24) is 15.0 Å². The summed E-state index contributed by atoms with van der Waals surface area (Å²) in [4.78, 5) is 17.5. The van der Waals surface area contributed by atoms with E-state index < -0.39 is 0 Å². The van der Waals surface area contributed by atoms with E-state index in [0.29, 0.717) is 12.1 Å². The number of carbonyl (C=O) groups excluding carboxylic acids is 1. The number of hydrogen-bond acceptors (Lipinski definition) is 4. The van der Waals surface area contributed by atoms with Gasteiger partial charge in [0.2, 0.25) is 0 Å². The average molecular weight is 231 g/mol. The van der Waals surface area contributed by atoms with Crippen molar-refractivity contribution >= 4 is 5.91 Å². The maximum atomic E-state index is 12.0. The van der Waals surface area contributed by atoms with Gasteiger partial charge in [0.05, 0.1) is 12.1 Å². The second kappa shape index (κ2) is 4.78. The van der Waals surface area contributed by atoms with Crippen molar-refractivity contribution in [3.63, 3.8) is 0 Å². The Morgan fingerprint density at radius 2 is 2.35 bits per heavy atom. The lowest BCUT2D eigenvalue weighted by Crippen LogP contribution is -2.26. The van der Waals surface area contributed by atoms with Gasteiger partial charge in [0.25, 0.3) is 5.91 Å². The van der Waals surface area contributed by atoms with Crippen LogP contribution in [0.25, 0.3) is 0 Å². The van der Waals surface area contributed by atoms with Crippen LogP contribution in [0, 0.1) is 6.92 Å². The molecule has 0 aliphatic carbocycles. The van der Waals surface area contributed by atoms with E-state index in [1.165, 1.54) is 0 Å². The van der Waals surface area contributed by atoms with Gasteiger partial charge in [-0.1, -0.05) is 5.16 Å². The van der Waals surface area contributed by atoms with E-state index in [4.69, 9.17) is 4.52 Å². The summed E-state index contributed by atoms with van der Waals surface area (Å²) in [5.74, 6) is 0.654. The molecule has 5 heteroatoms. The van der Waals surface area contributed by atoms with Gasteiger partial charge >= 0.3 is 0 Å². The minimum Gasteiger partial charge on any atom is -0.361 e. The molecule has 0 radical (unpaired) electrons. The van der Waals surface area contributed by atoms with Gasteiger partial charge in [0.1, 0.15) is 11.5 Å². The van der Waals surface area contributed by atoms with Crippen LogP contribution in [-0.2, 0) is 6.54 Å². The minimum absolute atomic E-state index is 0.0845. The van der Waals surface area contributed by atoms with Crippen molar-refractivity contribution in [2.24, 2.45) is 0 Å². The highest BCUT2D eigenvalue weighted by Crippen LogP contribution is 2.07. The monoisotopic (exact) mass is 231 g/mol. The van der Waals surface area contributed by atoms with Gasteiger partial charge in [-0.05, 0) is 19.1 Å². The third-order valence-corrected chi connectivity index (χ3v) is 2.33. The molecule has 0 saturated heterocycles. The highest BCUT2D eigenvalue weighted by molar-refractivity contribution is 5.93. The first-order valence-electron chi connectivity index (χ1n) is 5.24. The summed E-state index contributed by atoms with van der Waals surface area (Å²) in [5.41, 5.74) is 1.30. The highest BCUT2D eigenvalue weighted by Gasteiger charge is 2.13. The van der Waals surface area contributed by atoms with Crippen LogP contribution in [0.4, 0.5) is 0 Å². The number of aryl methyl sites for hydroxylation is 1. The lowest BCUT2D eigenvalue weighted by atomic mass is 10.2. The molecule has 88 valence electrons. The van der Waals surface area contributed by atoms with Crippen molar-refractivity contribution in [2.75, 3.05) is 7.05 Å². The summed E-state index contributed by atoms with van der Waals surface area (Å²) < 4.78 is 4.95. The number of amides is 1. The van der Waals surface area contributed by atoms with Gasteiger partial charge in [-0.25, -0.2) is 0 Å². The lowest BCUT2D eigenvalue weighted by Gasteiger charge is -2.14. The fourth-order valence-corrected chi connectivity index (χ4v) is 1.52. The molecule has 0 bridgehead atoms. The normalized spacial score (nSPS) is 10.2. The van der Waals surface area contributed by atoms with Crippen molar-refractivity contribution in [3.05, 3.63) is 47.6 Å². The van der Waals surface area contributed by atoms with Gasteiger partial charge in [-0.15, -0.1) is 0 Å². The van der Waals surface area contributed by atoms with Gasteiger partial charge in [0, 0.05) is 25.5 Å². The van der Waals surface area contributed by atoms with Crippen LogP contribution in [0.1, 0.15) is 21.8 Å². The predicted octanol–water partition coefficient (Wildman–Crippen LogP) is 1.65. The number of aromatic nitrogens is 2. The summed E-state index contributed by atoms with van der Waals surface area (Å²) in [6, 6.07) is 5.29. The van der Waals surface area contributed by atoms with E-state index in [1.54, 1.807) is 36.5 Å². The first kappa shape index (κ1) is 11.3. The van der Waals surface area contributed by atoms with Crippen molar-refractivity contribution in [2.45, 2.75) is 13.5 Å². The number of carbonyl (C=O) groups is 1. The van der Waals surface area contributed by atoms with Crippen LogP contribution in [0.15, 0.2) is 35.1 Å². The van der Waals surface area contributed by atoms with Crippen molar-refractivity contribution in [3.8, 4) is 0 Å². The molecule has 5 nitrogen and oxygen atoms in total. The van der Waals surface area contributed by atoms with Gasteiger partial charge in [-0.2, -0.15) is 0 Å². The van der Waals surface area contributed by atoms with E-state index in [0.717, 1.165) is 11.5 Å². The summed E-state index contributed by atoms with van der Waals surface area (Å²) in [5, 5.41) is 3.85. The van der Waals surface area contributed by atoms with Crippen LogP contribution in [-0.4, -0.2) is 28.0 Å². The van der Waals surface area contributed by atoms with Crippen molar-refractivity contribution in [1.29, 1.82) is 0 Å². The molecular weight excluding hydrogens is 218 g/mol. The summed E-state index contributed by atoms with van der Waals surface area (Å²) >= 11 is 0. The van der Waals surface area contributed by atoms with E-state index in [-0.39, 0.29) is 5.91 Å². The van der Waals surface area contributed by atoms with E-state index in [1.807, 2.05) is 13.0 Å². The van der Waals surface area contributed by atoms with Gasteiger partial charge in [-0.3, -0.25) is 9.78 Å². The summed E-state index contributed by atoms with van der Waals surface area (Å²) in [7, 11) is 1.72. The molecule has 0 aromatic carbocycles. The fraction of sp³-hybridized carbons (Fsp3) is 0.250. The molecule has 2 heterocycles. The zero-order chi connectivity index (χ0) is 12.3. The Bertz CT molecular complexity index is 507. The molecule has 2 aromatic heterocycles. The largest absolute Gasteiger partial charge is 0.361 e. The number of pyridine rings is 1. The van der Waals surface area contributed by atoms with E-state index >= 15 is 0 Å². The SMILES string of the molecule is Cc1cc(CN(C)C(=O)c2cccnc2)no1. The zero-order valence-electron chi connectivity index (χ0n) is 9.75. The Labute approximate surface area is 99.1 Å². The average Bonchev–Trinajstić information content (AvgIpc) is 2.75. The van der Waals surface area contributed by atoms with Gasteiger partial charge in [0.15, 0.2) is 0 Å². The third-order valence-electron chi connectivity index (χ3n) is 2.33. The molecule has 0 aliphatic rings. The van der Waals surface area contributed by atoms with Crippen LogP contribution in [0.2, 0.25) is 0 Å². The quantitative estimate of drug-likeness (QED) is 0.805. The molecule has 0 N–H and O–H groups in total. The number of hydrogen-bond donors (Lipinski definition) is 0. The van der Waals surface area contributed by atoms with Crippen LogP contribution in [0.3, 0.4) is 0 Å². The Balaban J connectivity index is 2.06. The van der Waals surface area contributed by atoms with Crippen molar-refractivity contribution < 1.29 is 9.32 Å². The summed E-state index contributed by atoms with van der Waals surface area (Å²) in [6.07, 6.45) is 3.19. The smallest absolute Gasteiger partial charge is 0.255 e. The second-order valence-corrected chi connectivity index (χ2v) is 3.83. The third kappa shape index (κ3) is 2.69. The maximum absolute atomic E-state index is 12.0. The molecule has 0 fully saturated rings. The molecule has 0 saturated carbocycles. The Morgan fingerprint density at radius 3 is 2.94 bits per heavy atom. The first-order chi connectivity index (χ1) is 8.16. The molecule has 2 aromatic rings. The topological polar surface area (TPSA) is 59.2 Å². The predicted molar refractivity (Wildman–Crippen MR) is 61.3 cm³/mol. The molecule has 0 aliphatic heterocycles. The standard InChI is InChI=1S/C12H13N3O2/c1-9-6-11(14-17-9)8-15(2)12(16)10-4-3-5-13-7-10/h3-7H,8H2,1-2H3. The number of rotatable bonds is 3. The summed E-state index contributed by atoms with van der Waals surface area (Å²) in [6.45, 7) is 2.24. The maximum Gasteiger partial charge on any atom is 0.255 e. The van der Waals surface area contributed by atoms with Gasteiger partial charge < -0.3 is 9.42 Å². The lowest BCUT2D eigenvalue weighted by molar-refractivity contribution is 0.0781.